The first-order valence-corrected chi connectivity index (χ1v) is 3.22. The number of fused-ring (bicyclic) bond motifs is 1. The number of aliphatic carboxylic acids is 1. The van der Waals surface area contributed by atoms with E-state index in [9.17, 15) is 9.59 Å². The summed E-state index contributed by atoms with van der Waals surface area (Å²) in [4.78, 5) is 21.1. The van der Waals surface area contributed by atoms with Crippen LogP contribution in [0.25, 0.3) is 0 Å². The van der Waals surface area contributed by atoms with Crippen molar-refractivity contribution in [3.8, 4) is 0 Å². The number of rotatable bonds is 1. The molecule has 10 heavy (non-hydrogen) atoms. The van der Waals surface area contributed by atoms with Crippen molar-refractivity contribution in [3.63, 3.8) is 0 Å². The topological polar surface area (TPSA) is 66.4 Å². The molecule has 0 aromatic carbocycles. The molecule has 2 rings (SSSR count). The molecule has 3 atom stereocenters. The van der Waals surface area contributed by atoms with Crippen molar-refractivity contribution in [1.82, 2.24) is 5.32 Å². The van der Waals surface area contributed by atoms with Crippen molar-refractivity contribution < 1.29 is 14.7 Å². The smallest absolute Gasteiger partial charge is 0.307 e. The van der Waals surface area contributed by atoms with Gasteiger partial charge in [0.15, 0.2) is 0 Å². The summed E-state index contributed by atoms with van der Waals surface area (Å²) in [5, 5.41) is 11.1. The zero-order chi connectivity index (χ0) is 7.30. The Morgan fingerprint density at radius 1 is 1.70 bits per heavy atom. The second-order valence-corrected chi connectivity index (χ2v) is 2.80. The standard InChI is InChI=1S/C6H7NO3/c8-5-3-2(1-7-5)4(3)6(9)10/h2-4H,1H2,(H,7,8)(H,9,10). The van der Waals surface area contributed by atoms with Crippen LogP contribution in [0.5, 0.6) is 0 Å². The average molecular weight is 141 g/mol. The van der Waals surface area contributed by atoms with Gasteiger partial charge in [0.25, 0.3) is 0 Å². The van der Waals surface area contributed by atoms with Gasteiger partial charge in [-0.3, -0.25) is 9.59 Å². The highest BCUT2D eigenvalue weighted by atomic mass is 16.4. The Hall–Kier alpha value is -1.06. The number of amides is 1. The van der Waals surface area contributed by atoms with Gasteiger partial charge in [-0.25, -0.2) is 0 Å². The quantitative estimate of drug-likeness (QED) is 0.495. The van der Waals surface area contributed by atoms with Crippen LogP contribution in [0.2, 0.25) is 0 Å². The molecule has 1 aliphatic carbocycles. The third kappa shape index (κ3) is 0.509. The number of carboxylic acid groups (broad SMARTS) is 1. The largest absolute Gasteiger partial charge is 0.481 e. The number of piperidine rings is 1. The predicted octanol–water partition coefficient (Wildman–Crippen LogP) is -0.937. The summed E-state index contributed by atoms with van der Waals surface area (Å²) in [5.41, 5.74) is 0. The molecule has 3 unspecified atom stereocenters. The third-order valence-corrected chi connectivity index (χ3v) is 2.27. The maximum absolute atomic E-state index is 10.8. The maximum atomic E-state index is 10.8. The van der Waals surface area contributed by atoms with E-state index in [2.05, 4.69) is 5.32 Å². The van der Waals surface area contributed by atoms with Crippen molar-refractivity contribution in [3.05, 3.63) is 0 Å². The predicted molar refractivity (Wildman–Crippen MR) is 31.1 cm³/mol. The maximum Gasteiger partial charge on any atom is 0.307 e. The van der Waals surface area contributed by atoms with Crippen LogP contribution in [0.1, 0.15) is 0 Å². The highest BCUT2D eigenvalue weighted by Gasteiger charge is 2.62. The fourth-order valence-electron chi connectivity index (χ4n) is 1.66. The normalized spacial score (nSPS) is 42.4. The third-order valence-electron chi connectivity index (χ3n) is 2.27. The summed E-state index contributed by atoms with van der Waals surface area (Å²) in [6.45, 7) is 0.556. The molecule has 4 heteroatoms. The Kier molecular flexibility index (Phi) is 0.859. The van der Waals surface area contributed by atoms with E-state index < -0.39 is 5.97 Å². The van der Waals surface area contributed by atoms with Gasteiger partial charge in [0.1, 0.15) is 0 Å². The summed E-state index contributed by atoms with van der Waals surface area (Å²) in [5.74, 6) is -1.42. The molecular formula is C6H7NO3. The van der Waals surface area contributed by atoms with Crippen molar-refractivity contribution >= 4 is 11.9 Å². The van der Waals surface area contributed by atoms with Crippen LogP contribution in [0.4, 0.5) is 0 Å². The van der Waals surface area contributed by atoms with E-state index in [0.717, 1.165) is 0 Å². The van der Waals surface area contributed by atoms with Crippen molar-refractivity contribution in [2.45, 2.75) is 0 Å². The summed E-state index contributed by atoms with van der Waals surface area (Å²) in [6.07, 6.45) is 0. The lowest BCUT2D eigenvalue weighted by atomic mass is 10.3. The van der Waals surface area contributed by atoms with Crippen LogP contribution >= 0.6 is 0 Å². The minimum absolute atomic E-state index is 0.0857. The van der Waals surface area contributed by atoms with E-state index in [1.54, 1.807) is 0 Å². The second-order valence-electron chi connectivity index (χ2n) is 2.80. The molecule has 1 amide bonds. The molecule has 1 saturated carbocycles. The number of nitrogens with one attached hydrogen (secondary N) is 1. The second kappa shape index (κ2) is 1.51. The molecule has 0 radical (unpaired) electrons. The first kappa shape index (κ1) is 5.70. The van der Waals surface area contributed by atoms with Gasteiger partial charge < -0.3 is 10.4 Å². The minimum atomic E-state index is -0.829. The fourth-order valence-corrected chi connectivity index (χ4v) is 1.66. The van der Waals surface area contributed by atoms with Gasteiger partial charge in [0.2, 0.25) is 5.91 Å². The Morgan fingerprint density at radius 3 is 2.70 bits per heavy atom. The molecule has 0 bridgehead atoms. The number of carbonyl (C=O) groups is 2. The summed E-state index contributed by atoms with van der Waals surface area (Å²) in [6, 6.07) is 0. The van der Waals surface area contributed by atoms with E-state index in [1.165, 1.54) is 0 Å². The molecular weight excluding hydrogens is 134 g/mol. The Balaban J connectivity index is 2.12. The SMILES string of the molecule is O=C(O)C1C2CNC(=O)C21. The van der Waals surface area contributed by atoms with Gasteiger partial charge in [-0.2, -0.15) is 0 Å². The summed E-state index contributed by atoms with van der Waals surface area (Å²) < 4.78 is 0. The lowest BCUT2D eigenvalue weighted by molar-refractivity contribution is -0.140. The monoisotopic (exact) mass is 141 g/mol. The lowest BCUT2D eigenvalue weighted by Gasteiger charge is -1.97. The van der Waals surface area contributed by atoms with Gasteiger partial charge >= 0.3 is 5.97 Å². The van der Waals surface area contributed by atoms with Gasteiger partial charge in [0, 0.05) is 12.5 Å². The highest BCUT2D eigenvalue weighted by molar-refractivity contribution is 5.92. The van der Waals surface area contributed by atoms with E-state index in [1.807, 2.05) is 0 Å². The zero-order valence-electron chi connectivity index (χ0n) is 5.20. The highest BCUT2D eigenvalue weighted by Crippen LogP contribution is 2.49. The zero-order valence-corrected chi connectivity index (χ0v) is 5.20. The Labute approximate surface area is 57.2 Å². The van der Waals surface area contributed by atoms with E-state index >= 15 is 0 Å². The van der Waals surface area contributed by atoms with Crippen LogP contribution in [0.15, 0.2) is 0 Å². The molecule has 1 saturated heterocycles. The van der Waals surface area contributed by atoms with Gasteiger partial charge in [-0.15, -0.1) is 0 Å². The molecule has 0 aromatic rings. The molecule has 0 spiro atoms. The molecule has 2 aliphatic rings. The van der Waals surface area contributed by atoms with Crippen molar-refractivity contribution in [2.75, 3.05) is 6.54 Å². The van der Waals surface area contributed by atoms with Crippen LogP contribution in [0, 0.1) is 17.8 Å². The first-order valence-electron chi connectivity index (χ1n) is 3.22. The number of hydrogen-bond acceptors (Lipinski definition) is 2. The lowest BCUT2D eigenvalue weighted by Crippen LogP contribution is -2.24. The van der Waals surface area contributed by atoms with Crippen molar-refractivity contribution in [1.29, 1.82) is 0 Å². The van der Waals surface area contributed by atoms with Gasteiger partial charge in [0.05, 0.1) is 11.8 Å². The number of carbonyl (C=O) groups excluding carboxylic acids is 1. The molecule has 2 N–H and O–H groups in total. The van der Waals surface area contributed by atoms with Crippen LogP contribution in [0.3, 0.4) is 0 Å². The van der Waals surface area contributed by atoms with Crippen LogP contribution in [-0.4, -0.2) is 23.5 Å². The molecule has 1 heterocycles. The molecule has 1 aliphatic heterocycles. The van der Waals surface area contributed by atoms with Crippen LogP contribution < -0.4 is 5.32 Å². The molecule has 54 valence electrons. The Morgan fingerprint density at radius 2 is 2.40 bits per heavy atom. The average Bonchev–Trinajstić information content (AvgIpc) is 2.48. The van der Waals surface area contributed by atoms with Crippen LogP contribution in [-0.2, 0) is 9.59 Å². The number of hydrogen-bond donors (Lipinski definition) is 2. The summed E-state index contributed by atoms with van der Waals surface area (Å²) in [7, 11) is 0. The van der Waals surface area contributed by atoms with Gasteiger partial charge in [-0.1, -0.05) is 0 Å². The Bertz CT molecular complexity index is 209. The van der Waals surface area contributed by atoms with E-state index in [-0.39, 0.29) is 23.7 Å². The van der Waals surface area contributed by atoms with Gasteiger partial charge in [-0.05, 0) is 0 Å². The summed E-state index contributed by atoms with van der Waals surface area (Å²) >= 11 is 0. The van der Waals surface area contributed by atoms with E-state index in [0.29, 0.717) is 6.54 Å². The van der Waals surface area contributed by atoms with Crippen molar-refractivity contribution in [2.24, 2.45) is 17.8 Å². The molecule has 0 aromatic heterocycles. The first-order chi connectivity index (χ1) is 4.72. The van der Waals surface area contributed by atoms with E-state index in [4.69, 9.17) is 5.11 Å². The number of carboxylic acids is 1. The fraction of sp³-hybridized carbons (Fsp3) is 0.667. The molecule has 4 nitrogen and oxygen atoms in total. The minimum Gasteiger partial charge on any atom is -0.481 e. The molecule has 2 fully saturated rings.